The van der Waals surface area contributed by atoms with Crippen LogP contribution >= 0.6 is 0 Å². The van der Waals surface area contributed by atoms with Gasteiger partial charge >= 0.3 is 0 Å². The van der Waals surface area contributed by atoms with Crippen molar-refractivity contribution in [3.8, 4) is 0 Å². The SMILES string of the molecule is CC(C)(C)CC(C)(C)N1CC=C[C@]23O[C@@]4(C)C=CCN(Cc5ccccc5)C(=O)[C@H]4[C@H]2C(=O)N(CCCCCO)C3C1=O. The van der Waals surface area contributed by atoms with Gasteiger partial charge in [-0.15, -0.1) is 0 Å². The number of rotatable bonds is 9. The highest BCUT2D eigenvalue weighted by Crippen LogP contribution is 2.58. The van der Waals surface area contributed by atoms with E-state index in [2.05, 4.69) is 34.6 Å². The first-order valence-corrected chi connectivity index (χ1v) is 15.9. The minimum atomic E-state index is -1.26. The van der Waals surface area contributed by atoms with Crippen molar-refractivity contribution in [2.24, 2.45) is 17.3 Å². The third-order valence-electron chi connectivity index (χ3n) is 9.61. The number of carbonyl (C=O) groups excluding carboxylic acids is 3. The van der Waals surface area contributed by atoms with E-state index in [1.807, 2.05) is 66.5 Å². The molecule has 1 unspecified atom stereocenters. The second-order valence-corrected chi connectivity index (χ2v) is 14.8. The number of ether oxygens (including phenoxy) is 1. The van der Waals surface area contributed by atoms with Crippen LogP contribution in [-0.4, -0.2) is 86.6 Å². The zero-order chi connectivity index (χ0) is 31.2. The number of fused-ring (bicyclic) bond motifs is 2. The van der Waals surface area contributed by atoms with Gasteiger partial charge in [0.25, 0.3) is 0 Å². The molecule has 3 amide bonds. The van der Waals surface area contributed by atoms with Gasteiger partial charge in [-0.2, -0.15) is 0 Å². The maximum Gasteiger partial charge on any atom is 0.249 e. The predicted octanol–water partition coefficient (Wildman–Crippen LogP) is 4.33. The maximum atomic E-state index is 14.8. The summed E-state index contributed by atoms with van der Waals surface area (Å²) in [6.45, 7) is 14.3. The molecule has 0 aromatic heterocycles. The molecule has 2 saturated heterocycles. The fourth-order valence-corrected chi connectivity index (χ4v) is 8.27. The van der Waals surface area contributed by atoms with Crippen LogP contribution in [0.4, 0.5) is 0 Å². The molecule has 5 atom stereocenters. The summed E-state index contributed by atoms with van der Waals surface area (Å²) in [6.07, 6.45) is 10.6. The maximum absolute atomic E-state index is 14.8. The molecule has 8 heteroatoms. The molecule has 234 valence electrons. The Morgan fingerprint density at radius 2 is 1.58 bits per heavy atom. The molecule has 1 N–H and O–H groups in total. The zero-order valence-electron chi connectivity index (χ0n) is 26.7. The summed E-state index contributed by atoms with van der Waals surface area (Å²) < 4.78 is 6.99. The van der Waals surface area contributed by atoms with E-state index in [9.17, 15) is 19.5 Å². The molecular formula is C35H49N3O5. The van der Waals surface area contributed by atoms with Crippen LogP contribution in [0.1, 0.15) is 72.8 Å². The average Bonchev–Trinajstić information content (AvgIpc) is 3.18. The summed E-state index contributed by atoms with van der Waals surface area (Å²) in [4.78, 5) is 49.2. The summed E-state index contributed by atoms with van der Waals surface area (Å²) in [5.41, 5.74) is -1.76. The molecule has 2 fully saturated rings. The van der Waals surface area contributed by atoms with Crippen LogP contribution in [0.25, 0.3) is 0 Å². The van der Waals surface area contributed by atoms with E-state index in [4.69, 9.17) is 4.74 Å². The van der Waals surface area contributed by atoms with E-state index < -0.39 is 34.6 Å². The Kier molecular flexibility index (Phi) is 8.42. The van der Waals surface area contributed by atoms with Gasteiger partial charge in [0.15, 0.2) is 0 Å². The van der Waals surface area contributed by atoms with E-state index in [0.29, 0.717) is 39.0 Å². The Morgan fingerprint density at radius 1 is 0.884 bits per heavy atom. The minimum Gasteiger partial charge on any atom is -0.396 e. The number of carbonyl (C=O) groups is 3. The summed E-state index contributed by atoms with van der Waals surface area (Å²) in [6, 6.07) is 9.00. The van der Waals surface area contributed by atoms with E-state index in [-0.39, 0.29) is 29.7 Å². The third-order valence-corrected chi connectivity index (χ3v) is 9.61. The predicted molar refractivity (Wildman–Crippen MR) is 166 cm³/mol. The minimum absolute atomic E-state index is 0.0144. The highest BCUT2D eigenvalue weighted by molar-refractivity contribution is 6.00. The van der Waals surface area contributed by atoms with Crippen molar-refractivity contribution in [1.82, 2.24) is 14.7 Å². The second kappa shape index (κ2) is 11.5. The smallest absolute Gasteiger partial charge is 0.249 e. The largest absolute Gasteiger partial charge is 0.396 e. The Bertz CT molecular complexity index is 1280. The van der Waals surface area contributed by atoms with Crippen molar-refractivity contribution in [2.45, 2.75) is 96.6 Å². The van der Waals surface area contributed by atoms with Gasteiger partial charge in [-0.1, -0.05) is 75.4 Å². The van der Waals surface area contributed by atoms with Crippen LogP contribution in [0, 0.1) is 17.3 Å². The van der Waals surface area contributed by atoms with Crippen LogP contribution in [0.3, 0.4) is 0 Å². The molecule has 4 heterocycles. The lowest BCUT2D eigenvalue weighted by atomic mass is 9.74. The number of aliphatic hydroxyl groups excluding tert-OH is 1. The van der Waals surface area contributed by atoms with Gasteiger partial charge in [0.05, 0.1) is 17.4 Å². The molecule has 8 nitrogen and oxygen atoms in total. The van der Waals surface area contributed by atoms with Crippen LogP contribution in [-0.2, 0) is 25.7 Å². The van der Waals surface area contributed by atoms with Gasteiger partial charge in [0.1, 0.15) is 11.6 Å². The normalized spacial score (nSPS) is 30.8. The quantitative estimate of drug-likeness (QED) is 0.341. The lowest BCUT2D eigenvalue weighted by Gasteiger charge is -2.44. The second-order valence-electron chi connectivity index (χ2n) is 14.8. The van der Waals surface area contributed by atoms with Gasteiger partial charge in [-0.05, 0) is 57.4 Å². The highest BCUT2D eigenvalue weighted by atomic mass is 16.5. The lowest BCUT2D eigenvalue weighted by Crippen LogP contribution is -2.60. The number of likely N-dealkylation sites (tertiary alicyclic amines) is 1. The Balaban J connectivity index is 1.56. The molecule has 0 bridgehead atoms. The summed E-state index contributed by atoms with van der Waals surface area (Å²) >= 11 is 0. The number of hydrogen-bond acceptors (Lipinski definition) is 5. The van der Waals surface area contributed by atoms with Crippen LogP contribution in [0.2, 0.25) is 0 Å². The summed E-state index contributed by atoms with van der Waals surface area (Å²) in [5.74, 6) is -2.03. The van der Waals surface area contributed by atoms with Crippen molar-refractivity contribution in [1.29, 1.82) is 0 Å². The first-order valence-electron chi connectivity index (χ1n) is 15.9. The van der Waals surface area contributed by atoms with Crippen molar-refractivity contribution >= 4 is 17.7 Å². The fourth-order valence-electron chi connectivity index (χ4n) is 8.27. The van der Waals surface area contributed by atoms with E-state index >= 15 is 0 Å². The monoisotopic (exact) mass is 591 g/mol. The molecule has 0 saturated carbocycles. The van der Waals surface area contributed by atoms with Crippen LogP contribution < -0.4 is 0 Å². The molecular weight excluding hydrogens is 542 g/mol. The zero-order valence-corrected chi connectivity index (χ0v) is 26.7. The number of benzene rings is 1. The molecule has 5 rings (SSSR count). The number of amides is 3. The molecule has 4 aliphatic heterocycles. The molecule has 1 aromatic rings. The molecule has 1 aromatic carbocycles. The molecule has 4 aliphatic rings. The van der Waals surface area contributed by atoms with E-state index in [1.165, 1.54) is 0 Å². The Hall–Kier alpha value is -2.97. The topological polar surface area (TPSA) is 90.4 Å². The van der Waals surface area contributed by atoms with Crippen LogP contribution in [0.15, 0.2) is 54.6 Å². The molecule has 43 heavy (non-hydrogen) atoms. The number of aliphatic hydroxyl groups is 1. The van der Waals surface area contributed by atoms with Gasteiger partial charge in [0, 0.05) is 38.3 Å². The third kappa shape index (κ3) is 5.68. The van der Waals surface area contributed by atoms with Gasteiger partial charge in [-0.25, -0.2) is 0 Å². The van der Waals surface area contributed by atoms with Gasteiger partial charge in [-0.3, -0.25) is 14.4 Å². The summed E-state index contributed by atoms with van der Waals surface area (Å²) in [7, 11) is 0. The van der Waals surface area contributed by atoms with Gasteiger partial charge in [0.2, 0.25) is 17.7 Å². The first-order chi connectivity index (χ1) is 20.2. The van der Waals surface area contributed by atoms with Crippen molar-refractivity contribution in [3.05, 3.63) is 60.2 Å². The van der Waals surface area contributed by atoms with E-state index in [0.717, 1.165) is 18.4 Å². The highest BCUT2D eigenvalue weighted by Gasteiger charge is 2.74. The van der Waals surface area contributed by atoms with Crippen molar-refractivity contribution in [3.63, 3.8) is 0 Å². The number of hydrogen-bond donors (Lipinski definition) is 1. The van der Waals surface area contributed by atoms with Crippen LogP contribution in [0.5, 0.6) is 0 Å². The van der Waals surface area contributed by atoms with Crippen molar-refractivity contribution in [2.75, 3.05) is 26.2 Å². The molecule has 1 spiro atoms. The Morgan fingerprint density at radius 3 is 2.26 bits per heavy atom. The van der Waals surface area contributed by atoms with E-state index in [1.54, 1.807) is 9.80 Å². The number of nitrogens with zero attached hydrogens (tertiary/aromatic N) is 3. The average molecular weight is 592 g/mol. The first kappa shape index (κ1) is 31.5. The van der Waals surface area contributed by atoms with Gasteiger partial charge < -0.3 is 24.5 Å². The standard InChI is InChI=1S/C35H49N3O5/c1-32(2,3)24-33(4,5)38-21-14-18-35-27(30(41)37(28(35)31(38)42)20-11-8-12-22-39)26-29(40)36(19-13-17-34(26,6)43-35)23-25-15-9-7-10-16-25/h7,9-10,13-18,26-28,39H,8,11-12,19-24H2,1-6H3/t26-,27+,28?,34+,35+/m1/s1. The van der Waals surface area contributed by atoms with Crippen molar-refractivity contribution < 1.29 is 24.2 Å². The lowest BCUT2D eigenvalue weighted by molar-refractivity contribution is -0.156. The number of unbranched alkanes of at least 4 members (excludes halogenated alkanes) is 2. The molecule has 0 radical (unpaired) electrons. The summed E-state index contributed by atoms with van der Waals surface area (Å²) in [5, 5.41) is 9.35. The fraction of sp³-hybridized carbons (Fsp3) is 0.629. The Labute approximate surface area is 256 Å². The molecule has 0 aliphatic carbocycles.